The summed E-state index contributed by atoms with van der Waals surface area (Å²) in [6.45, 7) is 2.06. The largest absolute Gasteiger partial charge is 0.454 e. The molecule has 1 saturated carbocycles. The molecule has 3 rings (SSSR count). The fraction of sp³-hybridized carbons (Fsp3) is 0.583. The van der Waals surface area contributed by atoms with E-state index < -0.39 is 72.7 Å². The minimum absolute atomic E-state index is 0.535. The Balaban J connectivity index is 1.82. The van der Waals surface area contributed by atoms with E-state index in [0.717, 1.165) is 24.8 Å². The van der Waals surface area contributed by atoms with Gasteiger partial charge in [0, 0.05) is 11.5 Å². The summed E-state index contributed by atoms with van der Waals surface area (Å²) in [6, 6.07) is 8.99. The third-order valence-corrected chi connectivity index (χ3v) is 6.66. The SMILES string of the molecule is C=C1COC(C(F)(F)F)(C(F)(F)F)CCC(CC(=O)OC2(c3ccccc3)CCCCC2)C1=O. The van der Waals surface area contributed by atoms with Crippen LogP contribution in [-0.2, 0) is 24.7 Å². The molecule has 1 atom stereocenters. The molecule has 1 aliphatic carbocycles. The van der Waals surface area contributed by atoms with Gasteiger partial charge >= 0.3 is 18.3 Å². The lowest BCUT2D eigenvalue weighted by molar-refractivity contribution is -0.382. The molecule has 1 aromatic carbocycles. The molecule has 0 spiro atoms. The second kappa shape index (κ2) is 9.71. The average molecular weight is 492 g/mol. The number of Topliss-reactive ketones (excluding diaryl/α,β-unsaturated/α-hetero) is 1. The lowest BCUT2D eigenvalue weighted by Crippen LogP contribution is -2.60. The zero-order valence-corrected chi connectivity index (χ0v) is 18.4. The summed E-state index contributed by atoms with van der Waals surface area (Å²) in [5, 5.41) is 0. The quantitative estimate of drug-likeness (QED) is 0.286. The smallest absolute Gasteiger partial charge is 0.426 e. The molecule has 1 unspecified atom stereocenters. The summed E-state index contributed by atoms with van der Waals surface area (Å²) in [4.78, 5) is 25.5. The number of ketones is 1. The zero-order valence-electron chi connectivity index (χ0n) is 18.4. The van der Waals surface area contributed by atoms with Crippen LogP contribution in [0.1, 0.15) is 56.9 Å². The highest BCUT2D eigenvalue weighted by Gasteiger charge is 2.72. The third-order valence-electron chi connectivity index (χ3n) is 6.66. The van der Waals surface area contributed by atoms with Crippen LogP contribution in [0.25, 0.3) is 0 Å². The Morgan fingerprint density at radius 1 is 1.00 bits per heavy atom. The molecule has 2 aliphatic rings. The Morgan fingerprint density at radius 2 is 1.59 bits per heavy atom. The number of ether oxygens (including phenoxy) is 2. The number of esters is 1. The fourth-order valence-electron chi connectivity index (χ4n) is 4.73. The van der Waals surface area contributed by atoms with Crippen molar-refractivity contribution in [1.82, 2.24) is 0 Å². The topological polar surface area (TPSA) is 52.6 Å². The molecule has 0 N–H and O–H groups in total. The number of carbonyl (C=O) groups excluding carboxylic acids is 2. The Labute approximate surface area is 193 Å². The minimum atomic E-state index is -5.77. The maximum absolute atomic E-state index is 13.5. The predicted molar refractivity (Wildman–Crippen MR) is 110 cm³/mol. The van der Waals surface area contributed by atoms with E-state index in [-0.39, 0.29) is 0 Å². The monoisotopic (exact) mass is 492 g/mol. The highest BCUT2D eigenvalue weighted by atomic mass is 19.4. The Bertz CT molecular complexity index is 886. The van der Waals surface area contributed by atoms with Crippen LogP contribution in [0.5, 0.6) is 0 Å². The Morgan fingerprint density at radius 3 is 2.15 bits per heavy atom. The minimum Gasteiger partial charge on any atom is -0.454 e. The van der Waals surface area contributed by atoms with Gasteiger partial charge in [-0.1, -0.05) is 43.3 Å². The molecule has 0 aromatic heterocycles. The van der Waals surface area contributed by atoms with Crippen LogP contribution < -0.4 is 0 Å². The first-order valence-electron chi connectivity index (χ1n) is 11.1. The van der Waals surface area contributed by atoms with E-state index in [9.17, 15) is 35.9 Å². The molecule has 10 heteroatoms. The zero-order chi connectivity index (χ0) is 25.2. The molecule has 1 aliphatic heterocycles. The molecule has 2 fully saturated rings. The molecule has 4 nitrogen and oxygen atoms in total. The van der Waals surface area contributed by atoms with Crippen molar-refractivity contribution in [2.75, 3.05) is 6.61 Å². The van der Waals surface area contributed by atoms with Crippen LogP contribution in [0.3, 0.4) is 0 Å². The van der Waals surface area contributed by atoms with Crippen molar-refractivity contribution in [2.45, 2.75) is 74.9 Å². The average Bonchev–Trinajstić information content (AvgIpc) is 2.76. The van der Waals surface area contributed by atoms with Gasteiger partial charge in [-0.05, 0) is 44.1 Å². The van der Waals surface area contributed by atoms with E-state index in [1.807, 2.05) is 0 Å². The van der Waals surface area contributed by atoms with E-state index in [4.69, 9.17) is 4.74 Å². The second-order valence-corrected chi connectivity index (χ2v) is 8.91. The first kappa shape index (κ1) is 26.2. The summed E-state index contributed by atoms with van der Waals surface area (Å²) in [5.74, 6) is -3.07. The van der Waals surface area contributed by atoms with Gasteiger partial charge in [0.05, 0.1) is 13.0 Å². The molecule has 34 heavy (non-hydrogen) atoms. The first-order chi connectivity index (χ1) is 15.8. The molecule has 1 heterocycles. The highest BCUT2D eigenvalue weighted by molar-refractivity contribution is 5.98. The maximum Gasteiger partial charge on any atom is 0.426 e. The molecule has 0 amide bonds. The molecule has 1 aromatic rings. The van der Waals surface area contributed by atoms with Crippen LogP contribution in [0.2, 0.25) is 0 Å². The third kappa shape index (κ3) is 5.16. The van der Waals surface area contributed by atoms with E-state index in [0.29, 0.717) is 12.8 Å². The van der Waals surface area contributed by atoms with Gasteiger partial charge in [0.2, 0.25) is 0 Å². The van der Waals surface area contributed by atoms with Crippen molar-refractivity contribution < 1.29 is 45.4 Å². The number of hydrogen-bond donors (Lipinski definition) is 0. The summed E-state index contributed by atoms with van der Waals surface area (Å²) in [7, 11) is 0. The Kier molecular flexibility index (Phi) is 7.50. The first-order valence-corrected chi connectivity index (χ1v) is 11.1. The van der Waals surface area contributed by atoms with Crippen LogP contribution in [0.4, 0.5) is 26.3 Å². The predicted octanol–water partition coefficient (Wildman–Crippen LogP) is 6.19. The van der Waals surface area contributed by atoms with Gasteiger partial charge in [0.25, 0.3) is 5.60 Å². The van der Waals surface area contributed by atoms with Crippen molar-refractivity contribution >= 4 is 11.8 Å². The summed E-state index contributed by atoms with van der Waals surface area (Å²) in [6.07, 6.45) is -11.0. The van der Waals surface area contributed by atoms with Gasteiger partial charge in [0.15, 0.2) is 5.78 Å². The normalized spacial score (nSPS) is 23.6. The second-order valence-electron chi connectivity index (χ2n) is 8.91. The van der Waals surface area contributed by atoms with Crippen LogP contribution in [0.15, 0.2) is 42.5 Å². The molecule has 0 radical (unpaired) electrons. The van der Waals surface area contributed by atoms with E-state index in [1.54, 1.807) is 30.3 Å². The van der Waals surface area contributed by atoms with Crippen LogP contribution in [-0.4, -0.2) is 36.3 Å². The van der Waals surface area contributed by atoms with Gasteiger partial charge in [0.1, 0.15) is 5.60 Å². The van der Waals surface area contributed by atoms with Gasteiger partial charge < -0.3 is 9.47 Å². The van der Waals surface area contributed by atoms with Crippen LogP contribution >= 0.6 is 0 Å². The number of carbonyl (C=O) groups is 2. The maximum atomic E-state index is 13.5. The number of halogens is 6. The lowest BCUT2D eigenvalue weighted by Gasteiger charge is -2.40. The van der Waals surface area contributed by atoms with Gasteiger partial charge in [-0.15, -0.1) is 0 Å². The van der Waals surface area contributed by atoms with Gasteiger partial charge in [-0.25, -0.2) is 0 Å². The van der Waals surface area contributed by atoms with Crippen molar-refractivity contribution in [2.24, 2.45) is 5.92 Å². The lowest BCUT2D eigenvalue weighted by atomic mass is 9.79. The van der Waals surface area contributed by atoms with Crippen molar-refractivity contribution in [3.63, 3.8) is 0 Å². The molecular formula is C24H26F6O4. The van der Waals surface area contributed by atoms with E-state index in [2.05, 4.69) is 11.3 Å². The van der Waals surface area contributed by atoms with E-state index >= 15 is 0 Å². The number of alkyl halides is 6. The van der Waals surface area contributed by atoms with Crippen LogP contribution in [0, 0.1) is 5.92 Å². The number of hydrogen-bond acceptors (Lipinski definition) is 4. The van der Waals surface area contributed by atoms with Crippen molar-refractivity contribution in [3.8, 4) is 0 Å². The molecule has 1 saturated heterocycles. The summed E-state index contributed by atoms with van der Waals surface area (Å²) >= 11 is 0. The highest BCUT2D eigenvalue weighted by Crippen LogP contribution is 2.50. The number of rotatable bonds is 4. The van der Waals surface area contributed by atoms with Crippen molar-refractivity contribution in [3.05, 3.63) is 48.0 Å². The molecule has 188 valence electrons. The fourth-order valence-corrected chi connectivity index (χ4v) is 4.73. The van der Waals surface area contributed by atoms with Crippen molar-refractivity contribution in [1.29, 1.82) is 0 Å². The standard InChI is InChI=1S/C24H26F6O4/c1-16-15-33-22(23(25,26)27,24(28,29)30)13-10-17(20(16)32)14-19(31)34-21(11-6-3-7-12-21)18-8-4-2-5-9-18/h2,4-5,8-9,17H,1,3,6-7,10-15H2. The molecule has 0 bridgehead atoms. The van der Waals surface area contributed by atoms with Gasteiger partial charge in [-0.3, -0.25) is 9.59 Å². The summed E-state index contributed by atoms with van der Waals surface area (Å²) < 4.78 is 91.1. The van der Waals surface area contributed by atoms with Gasteiger partial charge in [-0.2, -0.15) is 26.3 Å². The molecular weight excluding hydrogens is 466 g/mol. The number of benzene rings is 1. The Hall–Kier alpha value is -2.36. The summed E-state index contributed by atoms with van der Waals surface area (Å²) in [5.41, 5.74) is -5.17. The van der Waals surface area contributed by atoms with E-state index in [1.165, 1.54) is 0 Å².